The Morgan fingerprint density at radius 1 is 1.33 bits per heavy atom. The van der Waals surface area contributed by atoms with Crippen molar-refractivity contribution in [1.82, 2.24) is 4.90 Å². The van der Waals surface area contributed by atoms with Gasteiger partial charge in [0, 0.05) is 38.4 Å². The summed E-state index contributed by atoms with van der Waals surface area (Å²) in [6.45, 7) is 9.35. The molecule has 1 saturated carbocycles. The Labute approximate surface area is 181 Å². The van der Waals surface area contributed by atoms with Crippen LogP contribution >= 0.6 is 0 Å². The van der Waals surface area contributed by atoms with Gasteiger partial charge in [-0.1, -0.05) is 37.6 Å². The van der Waals surface area contributed by atoms with E-state index in [0.717, 1.165) is 13.3 Å². The Morgan fingerprint density at radius 3 is 2.70 bits per heavy atom. The highest BCUT2D eigenvalue weighted by Gasteiger charge is 2.49. The van der Waals surface area contributed by atoms with Crippen LogP contribution in [0.1, 0.15) is 71.8 Å². The molecule has 166 valence electrons. The van der Waals surface area contributed by atoms with Crippen LogP contribution in [0.4, 0.5) is 0 Å². The highest BCUT2D eigenvalue weighted by molar-refractivity contribution is 5.69. The van der Waals surface area contributed by atoms with Gasteiger partial charge in [0.15, 0.2) is 0 Å². The number of carbonyl (C=O) groups excluding carboxylic acids is 1. The second-order valence-corrected chi connectivity index (χ2v) is 8.50. The fraction of sp³-hybridized carbons (Fsp3) is 0.600. The van der Waals surface area contributed by atoms with Gasteiger partial charge >= 0.3 is 5.97 Å². The zero-order chi connectivity index (χ0) is 22.1. The first kappa shape index (κ1) is 24.1. The Bertz CT molecular complexity index is 740. The maximum absolute atomic E-state index is 11.4. The average molecular weight is 416 g/mol. The molecule has 1 N–H and O–H groups in total. The summed E-state index contributed by atoms with van der Waals surface area (Å²) < 4.78 is 5.37. The fourth-order valence-electron chi connectivity index (χ4n) is 5.28. The number of esters is 1. The number of likely N-dealkylation sites (tertiary alicyclic amines) is 1. The van der Waals surface area contributed by atoms with Gasteiger partial charge in [-0.25, -0.2) is 0 Å². The summed E-state index contributed by atoms with van der Waals surface area (Å²) in [5, 5.41) is 7.42. The average Bonchev–Trinajstić information content (AvgIpc) is 3.11. The van der Waals surface area contributed by atoms with E-state index in [1.807, 2.05) is 6.07 Å². The van der Waals surface area contributed by atoms with Gasteiger partial charge in [0.25, 0.3) is 5.97 Å². The monoisotopic (exact) mass is 415 g/mol. The van der Waals surface area contributed by atoms with Crippen LogP contribution in [0.15, 0.2) is 36.4 Å². The summed E-state index contributed by atoms with van der Waals surface area (Å²) in [6, 6.07) is 8.98. The van der Waals surface area contributed by atoms with E-state index in [9.17, 15) is 4.79 Å². The van der Waals surface area contributed by atoms with Gasteiger partial charge in [-0.15, -0.1) is 0 Å². The number of allylic oxidation sites excluding steroid dienone is 1. The molecule has 3 unspecified atom stereocenters. The molecule has 3 atom stereocenters. The van der Waals surface area contributed by atoms with E-state index < -0.39 is 5.97 Å². The molecule has 2 aliphatic rings. The molecule has 0 bridgehead atoms. The molecule has 5 heteroatoms. The van der Waals surface area contributed by atoms with E-state index in [2.05, 4.69) is 49.1 Å². The molecule has 1 aliphatic heterocycles. The van der Waals surface area contributed by atoms with Crippen molar-refractivity contribution in [1.29, 1.82) is 0 Å². The van der Waals surface area contributed by atoms with E-state index in [1.165, 1.54) is 57.7 Å². The van der Waals surface area contributed by atoms with Crippen molar-refractivity contribution in [2.24, 2.45) is 5.92 Å². The van der Waals surface area contributed by atoms with Crippen molar-refractivity contribution in [3.8, 4) is 5.75 Å². The minimum atomic E-state index is -0.833. The SMILES string of the molecule is CC(=O)O.CC=CCCN1CC2CCCC2(c2cccc(OC(C)=O)c2)CC1CC. The highest BCUT2D eigenvalue weighted by Crippen LogP contribution is 2.53. The van der Waals surface area contributed by atoms with E-state index in [-0.39, 0.29) is 11.4 Å². The maximum atomic E-state index is 11.4. The molecule has 30 heavy (non-hydrogen) atoms. The van der Waals surface area contributed by atoms with Gasteiger partial charge in [-0.05, 0) is 62.6 Å². The standard InChI is InChI=1S/C23H33NO2.C2H4O2/c1-4-6-7-14-24-17-20-11-9-13-23(20,16-21(24)5-2)19-10-8-12-22(15-19)26-18(3)25;1-2(3)4/h4,6,8,10,12,15,20-21H,5,7,9,11,13-14,16-17H2,1-3H3;1H3,(H,3,4). The molecule has 0 spiro atoms. The molecule has 1 aromatic rings. The molecule has 1 saturated heterocycles. The van der Waals surface area contributed by atoms with E-state index in [4.69, 9.17) is 14.6 Å². The molecule has 3 rings (SSSR count). The predicted molar refractivity (Wildman–Crippen MR) is 120 cm³/mol. The van der Waals surface area contributed by atoms with Gasteiger partial charge in [-0.3, -0.25) is 14.5 Å². The predicted octanol–water partition coefficient (Wildman–Crippen LogP) is 5.19. The number of carboxylic acid groups (broad SMARTS) is 1. The molecule has 1 heterocycles. The first-order chi connectivity index (χ1) is 14.3. The topological polar surface area (TPSA) is 66.8 Å². The summed E-state index contributed by atoms with van der Waals surface area (Å²) in [4.78, 5) is 23.1. The zero-order valence-corrected chi connectivity index (χ0v) is 18.9. The van der Waals surface area contributed by atoms with Crippen LogP contribution in [-0.2, 0) is 15.0 Å². The molecular weight excluding hydrogens is 378 g/mol. The lowest BCUT2D eigenvalue weighted by atomic mass is 9.65. The molecular formula is C25H37NO4. The fourth-order valence-corrected chi connectivity index (χ4v) is 5.28. The van der Waals surface area contributed by atoms with Gasteiger partial charge in [0.2, 0.25) is 0 Å². The molecule has 0 radical (unpaired) electrons. The number of carbonyl (C=O) groups is 2. The number of ether oxygens (including phenoxy) is 1. The molecule has 2 fully saturated rings. The summed E-state index contributed by atoms with van der Waals surface area (Å²) in [5.41, 5.74) is 1.64. The van der Waals surface area contributed by atoms with E-state index in [0.29, 0.717) is 17.7 Å². The van der Waals surface area contributed by atoms with Crippen molar-refractivity contribution >= 4 is 11.9 Å². The lowest BCUT2D eigenvalue weighted by molar-refractivity contribution is -0.134. The number of hydrogen-bond donors (Lipinski definition) is 1. The third-order valence-electron chi connectivity index (χ3n) is 6.49. The molecule has 5 nitrogen and oxygen atoms in total. The number of rotatable bonds is 6. The number of nitrogens with zero attached hydrogens (tertiary/aromatic N) is 1. The number of hydrogen-bond acceptors (Lipinski definition) is 4. The van der Waals surface area contributed by atoms with Gasteiger partial charge < -0.3 is 9.84 Å². The molecule has 1 aliphatic carbocycles. The second kappa shape index (κ2) is 11.3. The quantitative estimate of drug-likeness (QED) is 0.393. The molecule has 0 amide bonds. The Kier molecular flexibility index (Phi) is 9.09. The van der Waals surface area contributed by atoms with E-state index in [1.54, 1.807) is 0 Å². The van der Waals surface area contributed by atoms with Gasteiger partial charge in [0.05, 0.1) is 0 Å². The van der Waals surface area contributed by atoms with Crippen LogP contribution < -0.4 is 4.74 Å². The van der Waals surface area contributed by atoms with Crippen molar-refractivity contribution in [3.05, 3.63) is 42.0 Å². The summed E-state index contributed by atoms with van der Waals surface area (Å²) in [7, 11) is 0. The summed E-state index contributed by atoms with van der Waals surface area (Å²) >= 11 is 0. The summed E-state index contributed by atoms with van der Waals surface area (Å²) in [6.07, 6.45) is 11.9. The van der Waals surface area contributed by atoms with E-state index >= 15 is 0 Å². The Morgan fingerprint density at radius 2 is 2.07 bits per heavy atom. The number of piperidine rings is 1. The first-order valence-corrected chi connectivity index (χ1v) is 11.2. The van der Waals surface area contributed by atoms with Crippen molar-refractivity contribution in [2.75, 3.05) is 13.1 Å². The van der Waals surface area contributed by atoms with Crippen molar-refractivity contribution in [3.63, 3.8) is 0 Å². The second-order valence-electron chi connectivity index (χ2n) is 8.50. The van der Waals surface area contributed by atoms with Gasteiger partial charge in [-0.2, -0.15) is 0 Å². The zero-order valence-electron chi connectivity index (χ0n) is 18.9. The lowest BCUT2D eigenvalue weighted by Crippen LogP contribution is -2.52. The molecule has 0 aromatic heterocycles. The van der Waals surface area contributed by atoms with Crippen LogP contribution in [0.5, 0.6) is 5.75 Å². The Hall–Kier alpha value is -2.14. The summed E-state index contributed by atoms with van der Waals surface area (Å²) in [5.74, 6) is 0.329. The number of aliphatic carboxylic acids is 1. The van der Waals surface area contributed by atoms with Crippen LogP contribution in [0.3, 0.4) is 0 Å². The number of benzene rings is 1. The number of fused-ring (bicyclic) bond motifs is 1. The minimum Gasteiger partial charge on any atom is -0.481 e. The third-order valence-corrected chi connectivity index (χ3v) is 6.49. The largest absolute Gasteiger partial charge is 0.481 e. The maximum Gasteiger partial charge on any atom is 0.308 e. The van der Waals surface area contributed by atoms with Crippen LogP contribution in [0, 0.1) is 5.92 Å². The number of carboxylic acids is 1. The van der Waals surface area contributed by atoms with Crippen LogP contribution in [0.25, 0.3) is 0 Å². The normalized spacial score (nSPS) is 26.0. The van der Waals surface area contributed by atoms with Crippen molar-refractivity contribution < 1.29 is 19.4 Å². The smallest absolute Gasteiger partial charge is 0.308 e. The lowest BCUT2D eigenvalue weighted by Gasteiger charge is -2.49. The minimum absolute atomic E-state index is 0.243. The first-order valence-electron chi connectivity index (χ1n) is 11.2. The van der Waals surface area contributed by atoms with Gasteiger partial charge in [0.1, 0.15) is 5.75 Å². The van der Waals surface area contributed by atoms with Crippen LogP contribution in [-0.4, -0.2) is 41.1 Å². The Balaban J connectivity index is 0.000000735. The highest BCUT2D eigenvalue weighted by atomic mass is 16.5. The molecule has 1 aromatic carbocycles. The van der Waals surface area contributed by atoms with Crippen LogP contribution in [0.2, 0.25) is 0 Å². The van der Waals surface area contributed by atoms with Crippen molar-refractivity contribution in [2.45, 2.75) is 77.7 Å². The third kappa shape index (κ3) is 6.18.